The van der Waals surface area contributed by atoms with Gasteiger partial charge in [-0.2, -0.15) is 13.9 Å². The fourth-order valence-electron chi connectivity index (χ4n) is 5.83. The summed E-state index contributed by atoms with van der Waals surface area (Å²) in [5, 5.41) is 6.94. The molecule has 15 heteroatoms. The number of ether oxygens (including phenoxy) is 1. The topological polar surface area (TPSA) is 151 Å². The molecule has 12 nitrogen and oxygen atoms in total. The number of hydrogen-bond acceptors (Lipinski definition) is 9. The van der Waals surface area contributed by atoms with E-state index in [1.165, 1.54) is 23.6 Å². The number of carbonyl (C=O) groups excluding carboxylic acids is 2. The van der Waals surface area contributed by atoms with Crippen LogP contribution in [0.3, 0.4) is 0 Å². The van der Waals surface area contributed by atoms with E-state index in [-0.39, 0.29) is 19.0 Å². The Bertz CT molecular complexity index is 1730. The van der Waals surface area contributed by atoms with Gasteiger partial charge in [0.2, 0.25) is 0 Å². The maximum absolute atomic E-state index is 14.9. The Morgan fingerprint density at radius 3 is 2.42 bits per heavy atom. The van der Waals surface area contributed by atoms with Crippen molar-refractivity contribution in [2.24, 2.45) is 21.1 Å². The van der Waals surface area contributed by atoms with Crippen molar-refractivity contribution in [3.63, 3.8) is 0 Å². The van der Waals surface area contributed by atoms with Crippen LogP contribution in [0, 0.1) is 5.41 Å². The maximum atomic E-state index is 14.9. The summed E-state index contributed by atoms with van der Waals surface area (Å²) in [7, 11) is 0. The van der Waals surface area contributed by atoms with E-state index in [9.17, 15) is 18.4 Å². The highest BCUT2D eigenvalue weighted by atomic mass is 35.5. The van der Waals surface area contributed by atoms with Gasteiger partial charge in [-0.3, -0.25) is 9.69 Å². The molecule has 0 aliphatic carbocycles. The molecule has 5 rings (SSSR count). The van der Waals surface area contributed by atoms with Crippen LogP contribution in [0.25, 0.3) is 11.1 Å². The average Bonchev–Trinajstić information content (AvgIpc) is 3.75. The molecule has 2 amide bonds. The number of amides is 2. The third kappa shape index (κ3) is 7.44. The van der Waals surface area contributed by atoms with Crippen LogP contribution in [-0.2, 0) is 15.1 Å². The second-order valence-corrected chi connectivity index (χ2v) is 14.5. The summed E-state index contributed by atoms with van der Waals surface area (Å²) in [5.74, 6) is -0.459. The molecule has 1 unspecified atom stereocenters. The quantitative estimate of drug-likeness (QED) is 0.223. The molecule has 3 atom stereocenters. The number of aromatic nitrogens is 2. The van der Waals surface area contributed by atoms with Crippen LogP contribution >= 0.6 is 11.6 Å². The molecule has 3 heterocycles. The molecule has 2 aromatic carbocycles. The number of rotatable bonds is 9. The van der Waals surface area contributed by atoms with Gasteiger partial charge in [0.1, 0.15) is 12.8 Å². The smallest absolute Gasteiger partial charge is 0.407 e. The normalized spacial score (nSPS) is 20.2. The Hall–Kier alpha value is -4.56. The van der Waals surface area contributed by atoms with Gasteiger partial charge in [-0.05, 0) is 61.4 Å². The number of aliphatic imine (C=N–C) groups is 2. The monoisotopic (exact) mass is 683 g/mol. The van der Waals surface area contributed by atoms with E-state index in [0.717, 1.165) is 0 Å². The van der Waals surface area contributed by atoms with Crippen LogP contribution in [-0.4, -0.2) is 51.1 Å². The predicted molar refractivity (Wildman–Crippen MR) is 179 cm³/mol. The van der Waals surface area contributed by atoms with Gasteiger partial charge < -0.3 is 21.2 Å². The molecular weight excluding hydrogens is 644 g/mol. The zero-order valence-electron chi connectivity index (χ0n) is 27.6. The summed E-state index contributed by atoms with van der Waals surface area (Å²) in [5.41, 5.74) is 13.0. The highest BCUT2D eigenvalue weighted by Gasteiger charge is 2.53. The number of hydrazine groups is 1. The number of hydrogen-bond donors (Lipinski definition) is 4. The number of guanidine groups is 1. The number of nitrogens with two attached hydrogens (primary N) is 1. The minimum Gasteiger partial charge on any atom is -0.447 e. The van der Waals surface area contributed by atoms with E-state index in [0.29, 0.717) is 37.5 Å². The summed E-state index contributed by atoms with van der Waals surface area (Å²) in [4.78, 5) is 38.2. The summed E-state index contributed by atoms with van der Waals surface area (Å²) in [6, 6.07) is 11.3. The fourth-order valence-corrected chi connectivity index (χ4v) is 6.05. The molecule has 2 aliphatic rings. The zero-order valence-corrected chi connectivity index (χ0v) is 28.3. The number of halogens is 3. The molecule has 1 aromatic heterocycles. The van der Waals surface area contributed by atoms with Crippen LogP contribution in [0.5, 0.6) is 0 Å². The summed E-state index contributed by atoms with van der Waals surface area (Å²) in [6.07, 6.45) is 3.25. The van der Waals surface area contributed by atoms with Crippen molar-refractivity contribution in [1.82, 2.24) is 30.8 Å². The summed E-state index contributed by atoms with van der Waals surface area (Å²) in [6.45, 7) is 8.45. The Morgan fingerprint density at radius 1 is 1.12 bits per heavy atom. The number of alkyl halides is 2. The highest BCUT2D eigenvalue weighted by molar-refractivity contribution is 6.31. The second-order valence-electron chi connectivity index (χ2n) is 14.0. The Morgan fingerprint density at radius 2 is 1.83 bits per heavy atom. The average molecular weight is 684 g/mol. The second kappa shape index (κ2) is 13.2. The molecule has 0 fully saturated rings. The first-order valence-electron chi connectivity index (χ1n) is 15.4. The van der Waals surface area contributed by atoms with E-state index in [4.69, 9.17) is 27.1 Å². The van der Waals surface area contributed by atoms with E-state index in [2.05, 4.69) is 26.3 Å². The van der Waals surface area contributed by atoms with Gasteiger partial charge in [-0.15, -0.1) is 0 Å². The lowest BCUT2D eigenvalue weighted by Gasteiger charge is -2.35. The Kier molecular flexibility index (Phi) is 9.53. The first-order valence-corrected chi connectivity index (χ1v) is 15.7. The van der Waals surface area contributed by atoms with Gasteiger partial charge in [-0.1, -0.05) is 62.7 Å². The lowest BCUT2D eigenvalue weighted by molar-refractivity contribution is -0.135. The zero-order chi connectivity index (χ0) is 35.0. The SMILES string of the molecule is CC(C)(C)C[C@]1(c2ccc(-c3cnn(C(F)F)c3)cc2)N=C(N)N([C@H](COC(=O)NC(C)(C)C)c2ccc(Cl)c(C3N=CNN3)c2)C1=O. The third-order valence-corrected chi connectivity index (χ3v) is 8.12. The van der Waals surface area contributed by atoms with Crippen LogP contribution in [0.4, 0.5) is 13.6 Å². The lowest BCUT2D eigenvalue weighted by Crippen LogP contribution is -2.48. The van der Waals surface area contributed by atoms with Gasteiger partial charge >= 0.3 is 12.6 Å². The van der Waals surface area contributed by atoms with Crippen LogP contribution in [0.1, 0.15) is 83.4 Å². The van der Waals surface area contributed by atoms with Crippen molar-refractivity contribution in [3.8, 4) is 11.1 Å². The van der Waals surface area contributed by atoms with E-state index >= 15 is 0 Å². The predicted octanol–water partition coefficient (Wildman–Crippen LogP) is 5.79. The van der Waals surface area contributed by atoms with Crippen molar-refractivity contribution in [3.05, 3.63) is 76.6 Å². The Balaban J connectivity index is 1.55. The number of benzene rings is 2. The first kappa shape index (κ1) is 34.8. The number of nitrogens with zero attached hydrogens (tertiary/aromatic N) is 5. The third-order valence-electron chi connectivity index (χ3n) is 7.78. The first-order chi connectivity index (χ1) is 22.5. The van der Waals surface area contributed by atoms with Crippen molar-refractivity contribution < 1.29 is 23.1 Å². The van der Waals surface area contributed by atoms with Crippen molar-refractivity contribution >= 4 is 35.9 Å². The van der Waals surface area contributed by atoms with Gasteiger partial charge in [0.15, 0.2) is 11.5 Å². The van der Waals surface area contributed by atoms with E-state index in [1.807, 2.05) is 41.5 Å². The number of alkyl carbamates (subject to hydrolysis) is 1. The number of carbonyl (C=O) groups is 2. The molecule has 5 N–H and O–H groups in total. The van der Waals surface area contributed by atoms with E-state index < -0.39 is 47.3 Å². The minimum absolute atomic E-state index is 0.0495. The van der Waals surface area contributed by atoms with Gasteiger partial charge in [0, 0.05) is 27.9 Å². The van der Waals surface area contributed by atoms with Crippen LogP contribution in [0.2, 0.25) is 5.02 Å². The molecule has 0 bridgehead atoms. The molecule has 2 aliphatic heterocycles. The molecular formula is C33H40ClF2N9O3. The van der Waals surface area contributed by atoms with Crippen LogP contribution < -0.4 is 21.9 Å². The standard InChI is InChI=1S/C33H40ClF2N9O3/c1-31(2,3)17-33(22-10-7-19(8-11-22)21-14-40-44(15-21)28(35)36)27(46)45(29(37)41-33)25(16-48-30(47)42-32(4,5)6)20-9-12-24(34)23(13-20)26-38-18-39-43-26/h7-15,18,25-26,28,43H,16-17H2,1-6H3,(H2,37,41)(H,38,39)(H,42,47)/t25-,26?,33-/m1/s1. The van der Waals surface area contributed by atoms with Crippen molar-refractivity contribution in [2.45, 2.75) is 77.8 Å². The summed E-state index contributed by atoms with van der Waals surface area (Å²) >= 11 is 6.56. The molecule has 0 spiro atoms. The number of nitrogens with one attached hydrogen (secondary N) is 3. The van der Waals surface area contributed by atoms with Crippen LogP contribution in [0.15, 0.2) is 64.8 Å². The van der Waals surface area contributed by atoms with Crippen molar-refractivity contribution in [1.29, 1.82) is 0 Å². The molecule has 0 saturated heterocycles. The molecule has 3 aromatic rings. The van der Waals surface area contributed by atoms with Gasteiger partial charge in [-0.25, -0.2) is 24.9 Å². The largest absolute Gasteiger partial charge is 0.447 e. The summed E-state index contributed by atoms with van der Waals surface area (Å²) < 4.78 is 32.6. The molecule has 256 valence electrons. The van der Waals surface area contributed by atoms with E-state index in [1.54, 1.807) is 42.5 Å². The maximum Gasteiger partial charge on any atom is 0.407 e. The Labute approximate surface area is 282 Å². The highest BCUT2D eigenvalue weighted by Crippen LogP contribution is 2.45. The molecule has 0 radical (unpaired) electrons. The lowest BCUT2D eigenvalue weighted by atomic mass is 9.75. The molecule has 0 saturated carbocycles. The fraction of sp³-hybridized carbons (Fsp3) is 0.424. The minimum atomic E-state index is -2.76. The molecule has 48 heavy (non-hydrogen) atoms. The van der Waals surface area contributed by atoms with Gasteiger partial charge in [0.05, 0.1) is 18.6 Å². The van der Waals surface area contributed by atoms with Gasteiger partial charge in [0.25, 0.3) is 5.91 Å². The van der Waals surface area contributed by atoms with Crippen molar-refractivity contribution in [2.75, 3.05) is 6.61 Å².